The minimum Gasteiger partial charge on any atom is -0.341 e. The van der Waals surface area contributed by atoms with Crippen LogP contribution in [-0.2, 0) is 4.79 Å². The average molecular weight is 269 g/mol. The summed E-state index contributed by atoms with van der Waals surface area (Å²) in [5.74, 6) is -0.430. The Kier molecular flexibility index (Phi) is 4.46. The molecule has 0 unspecified atom stereocenters. The molecular weight excluding hydrogens is 252 g/mol. The summed E-state index contributed by atoms with van der Waals surface area (Å²) >= 11 is 5.77. The fraction of sp³-hybridized carbons (Fsp3) is 0.462. The summed E-state index contributed by atoms with van der Waals surface area (Å²) in [6.45, 7) is 7.11. The highest BCUT2D eigenvalue weighted by atomic mass is 35.5. The molecule has 1 rings (SSSR count). The molecule has 0 radical (unpaired) electrons. The van der Waals surface area contributed by atoms with Crippen LogP contribution in [0.5, 0.6) is 0 Å². The summed E-state index contributed by atoms with van der Waals surface area (Å²) in [5, 5.41) is 3.06. The Bertz CT molecular complexity index is 466. The predicted octanol–water partition coefficient (Wildman–Crippen LogP) is 2.47. The van der Waals surface area contributed by atoms with E-state index in [1.165, 1.54) is 12.3 Å². The van der Waals surface area contributed by atoms with E-state index >= 15 is 0 Å². The molecule has 4 nitrogen and oxygen atoms in total. The van der Waals surface area contributed by atoms with Crippen molar-refractivity contribution in [2.75, 3.05) is 0 Å². The Morgan fingerprint density at radius 3 is 2.50 bits per heavy atom. The molecule has 1 atom stereocenters. The van der Waals surface area contributed by atoms with Gasteiger partial charge in [0.1, 0.15) is 5.69 Å². The summed E-state index contributed by atoms with van der Waals surface area (Å²) in [5.41, 5.74) is -0.287. The van der Waals surface area contributed by atoms with Gasteiger partial charge in [0.15, 0.2) is 5.78 Å². The van der Waals surface area contributed by atoms with E-state index in [9.17, 15) is 9.59 Å². The average Bonchev–Trinajstić information content (AvgIpc) is 2.26. The fourth-order valence-electron chi connectivity index (χ4n) is 1.51. The van der Waals surface area contributed by atoms with Crippen LogP contribution in [0.1, 0.15) is 38.2 Å². The third kappa shape index (κ3) is 3.81. The van der Waals surface area contributed by atoms with Gasteiger partial charge in [-0.15, -0.1) is 0 Å². The SMILES string of the molecule is C[C@H](NC(=O)c1cc(Cl)ccn1)C(=O)C(C)(C)C. The number of nitrogens with one attached hydrogen (secondary N) is 1. The van der Waals surface area contributed by atoms with Gasteiger partial charge in [0.05, 0.1) is 6.04 Å². The maximum absolute atomic E-state index is 11.9. The van der Waals surface area contributed by atoms with Crippen LogP contribution in [-0.4, -0.2) is 22.7 Å². The Labute approximate surface area is 112 Å². The second-order valence-corrected chi connectivity index (χ2v) is 5.61. The molecule has 0 bridgehead atoms. The molecule has 0 aromatic carbocycles. The molecule has 98 valence electrons. The van der Waals surface area contributed by atoms with E-state index in [1.807, 2.05) is 20.8 Å². The lowest BCUT2D eigenvalue weighted by Crippen LogP contribution is -2.43. The summed E-state index contributed by atoms with van der Waals surface area (Å²) in [4.78, 5) is 27.7. The Hall–Kier alpha value is -1.42. The zero-order valence-electron chi connectivity index (χ0n) is 11.0. The standard InChI is InChI=1S/C13H17ClN2O2/c1-8(11(17)13(2,3)4)16-12(18)10-7-9(14)5-6-15-10/h5-8H,1-4H3,(H,16,18)/t8-/m0/s1. The van der Waals surface area contributed by atoms with Crippen molar-refractivity contribution in [2.24, 2.45) is 5.41 Å². The molecule has 1 heterocycles. The molecule has 0 fully saturated rings. The van der Waals surface area contributed by atoms with E-state index < -0.39 is 17.4 Å². The normalized spacial score (nSPS) is 12.9. The molecular formula is C13H17ClN2O2. The minimum absolute atomic E-state index is 0.0297. The Morgan fingerprint density at radius 1 is 1.39 bits per heavy atom. The molecule has 1 amide bonds. The largest absolute Gasteiger partial charge is 0.341 e. The lowest BCUT2D eigenvalue weighted by atomic mass is 9.87. The second-order valence-electron chi connectivity index (χ2n) is 5.17. The number of Topliss-reactive ketones (excluding diaryl/α,β-unsaturated/α-hetero) is 1. The van der Waals surface area contributed by atoms with Crippen molar-refractivity contribution in [1.82, 2.24) is 10.3 Å². The zero-order chi connectivity index (χ0) is 13.9. The first-order valence-corrected chi connectivity index (χ1v) is 6.06. The van der Waals surface area contributed by atoms with Crippen LogP contribution in [0, 0.1) is 5.41 Å². The number of carbonyl (C=O) groups excluding carboxylic acids is 2. The summed E-state index contributed by atoms with van der Waals surface area (Å²) < 4.78 is 0. The molecule has 0 aliphatic heterocycles. The van der Waals surface area contributed by atoms with Crippen molar-refractivity contribution in [3.05, 3.63) is 29.0 Å². The van der Waals surface area contributed by atoms with Crippen molar-refractivity contribution in [3.8, 4) is 0 Å². The lowest BCUT2D eigenvalue weighted by Gasteiger charge is -2.22. The maximum Gasteiger partial charge on any atom is 0.270 e. The van der Waals surface area contributed by atoms with Gasteiger partial charge in [0, 0.05) is 16.6 Å². The van der Waals surface area contributed by atoms with E-state index in [1.54, 1.807) is 13.0 Å². The minimum atomic E-state index is -0.557. The van der Waals surface area contributed by atoms with Crippen LogP contribution in [0.3, 0.4) is 0 Å². The van der Waals surface area contributed by atoms with Gasteiger partial charge in [0.2, 0.25) is 0 Å². The highest BCUT2D eigenvalue weighted by Crippen LogP contribution is 2.17. The molecule has 1 aromatic heterocycles. The number of aromatic nitrogens is 1. The topological polar surface area (TPSA) is 59.1 Å². The van der Waals surface area contributed by atoms with Gasteiger partial charge in [0.25, 0.3) is 5.91 Å². The van der Waals surface area contributed by atoms with Gasteiger partial charge in [-0.2, -0.15) is 0 Å². The monoisotopic (exact) mass is 268 g/mol. The number of pyridine rings is 1. The third-order valence-electron chi connectivity index (χ3n) is 2.43. The molecule has 0 aliphatic rings. The summed E-state index contributed by atoms with van der Waals surface area (Å²) in [7, 11) is 0. The molecule has 18 heavy (non-hydrogen) atoms. The highest BCUT2D eigenvalue weighted by molar-refractivity contribution is 6.30. The number of hydrogen-bond donors (Lipinski definition) is 1. The summed E-state index contributed by atoms with van der Waals surface area (Å²) in [6.07, 6.45) is 1.45. The van der Waals surface area contributed by atoms with Crippen molar-refractivity contribution in [2.45, 2.75) is 33.7 Å². The van der Waals surface area contributed by atoms with E-state index in [0.29, 0.717) is 5.02 Å². The fourth-order valence-corrected chi connectivity index (χ4v) is 1.67. The molecule has 1 N–H and O–H groups in total. The third-order valence-corrected chi connectivity index (χ3v) is 2.67. The maximum atomic E-state index is 11.9. The first kappa shape index (κ1) is 14.6. The van der Waals surface area contributed by atoms with E-state index in [4.69, 9.17) is 11.6 Å². The van der Waals surface area contributed by atoms with E-state index in [0.717, 1.165) is 0 Å². The molecule has 5 heteroatoms. The van der Waals surface area contributed by atoms with Gasteiger partial charge in [-0.3, -0.25) is 14.6 Å². The highest BCUT2D eigenvalue weighted by Gasteiger charge is 2.27. The van der Waals surface area contributed by atoms with Crippen molar-refractivity contribution in [1.29, 1.82) is 0 Å². The number of nitrogens with zero attached hydrogens (tertiary/aromatic N) is 1. The van der Waals surface area contributed by atoms with Crippen molar-refractivity contribution >= 4 is 23.3 Å². The Balaban J connectivity index is 2.74. The number of carbonyl (C=O) groups is 2. The van der Waals surface area contributed by atoms with Gasteiger partial charge in [-0.05, 0) is 19.1 Å². The van der Waals surface area contributed by atoms with Crippen molar-refractivity contribution in [3.63, 3.8) is 0 Å². The Morgan fingerprint density at radius 2 is 2.00 bits per heavy atom. The molecule has 0 spiro atoms. The van der Waals surface area contributed by atoms with E-state index in [-0.39, 0.29) is 11.5 Å². The molecule has 0 aliphatic carbocycles. The smallest absolute Gasteiger partial charge is 0.270 e. The van der Waals surface area contributed by atoms with Crippen LogP contribution in [0.2, 0.25) is 5.02 Å². The van der Waals surface area contributed by atoms with E-state index in [2.05, 4.69) is 10.3 Å². The molecule has 1 aromatic rings. The second kappa shape index (κ2) is 5.48. The van der Waals surface area contributed by atoms with Crippen LogP contribution in [0.4, 0.5) is 0 Å². The predicted molar refractivity (Wildman–Crippen MR) is 70.6 cm³/mol. The number of ketones is 1. The lowest BCUT2D eigenvalue weighted by molar-refractivity contribution is -0.127. The van der Waals surface area contributed by atoms with Crippen LogP contribution < -0.4 is 5.32 Å². The number of rotatable bonds is 3. The summed E-state index contributed by atoms with van der Waals surface area (Å²) in [6, 6.07) is 2.49. The number of amides is 1. The zero-order valence-corrected chi connectivity index (χ0v) is 11.7. The van der Waals surface area contributed by atoms with Crippen LogP contribution in [0.15, 0.2) is 18.3 Å². The van der Waals surface area contributed by atoms with Crippen LogP contribution >= 0.6 is 11.6 Å². The van der Waals surface area contributed by atoms with Crippen LogP contribution in [0.25, 0.3) is 0 Å². The van der Waals surface area contributed by atoms with Gasteiger partial charge < -0.3 is 5.32 Å². The molecule has 0 saturated heterocycles. The van der Waals surface area contributed by atoms with Gasteiger partial charge >= 0.3 is 0 Å². The van der Waals surface area contributed by atoms with Gasteiger partial charge in [-0.1, -0.05) is 32.4 Å². The first-order chi connectivity index (χ1) is 8.21. The first-order valence-electron chi connectivity index (χ1n) is 5.68. The molecule has 0 saturated carbocycles. The number of halogens is 1. The van der Waals surface area contributed by atoms with Gasteiger partial charge in [-0.25, -0.2) is 0 Å². The number of hydrogen-bond acceptors (Lipinski definition) is 3. The quantitative estimate of drug-likeness (QED) is 0.916. The van der Waals surface area contributed by atoms with Crippen molar-refractivity contribution < 1.29 is 9.59 Å².